The summed E-state index contributed by atoms with van der Waals surface area (Å²) >= 11 is 0. The van der Waals surface area contributed by atoms with Gasteiger partial charge in [-0.15, -0.1) is 0 Å². The molecule has 21 heavy (non-hydrogen) atoms. The van der Waals surface area contributed by atoms with Crippen LogP contribution >= 0.6 is 0 Å². The first-order valence-corrected chi connectivity index (χ1v) is 7.30. The Morgan fingerprint density at radius 1 is 1.24 bits per heavy atom. The molecule has 0 aromatic heterocycles. The van der Waals surface area contributed by atoms with Crippen molar-refractivity contribution >= 4 is 0 Å². The van der Waals surface area contributed by atoms with Crippen LogP contribution in [0.15, 0.2) is 18.2 Å². The van der Waals surface area contributed by atoms with E-state index in [2.05, 4.69) is 5.32 Å². The Morgan fingerprint density at radius 3 is 2.52 bits per heavy atom. The summed E-state index contributed by atoms with van der Waals surface area (Å²) < 4.78 is 16.1. The van der Waals surface area contributed by atoms with E-state index in [9.17, 15) is 5.11 Å². The van der Waals surface area contributed by atoms with Gasteiger partial charge in [0.1, 0.15) is 11.5 Å². The zero-order valence-corrected chi connectivity index (χ0v) is 13.0. The maximum Gasteiger partial charge on any atom is 0.124 e. The van der Waals surface area contributed by atoms with Crippen LogP contribution in [0, 0.1) is 0 Å². The monoisotopic (exact) mass is 295 g/mol. The summed E-state index contributed by atoms with van der Waals surface area (Å²) in [5, 5.41) is 13.7. The number of ether oxygens (including phenoxy) is 3. The molecule has 0 radical (unpaired) electrons. The second-order valence-electron chi connectivity index (χ2n) is 5.50. The van der Waals surface area contributed by atoms with Crippen LogP contribution < -0.4 is 14.8 Å². The van der Waals surface area contributed by atoms with Gasteiger partial charge in [0, 0.05) is 25.8 Å². The maximum atomic E-state index is 10.4. The number of nitrogens with one attached hydrogen (secondary N) is 1. The van der Waals surface area contributed by atoms with E-state index in [0.29, 0.717) is 18.0 Å². The van der Waals surface area contributed by atoms with E-state index in [1.807, 2.05) is 6.07 Å². The van der Waals surface area contributed by atoms with Crippen molar-refractivity contribution in [1.82, 2.24) is 5.32 Å². The number of hydrogen-bond acceptors (Lipinski definition) is 5. The Balaban J connectivity index is 1.94. The quantitative estimate of drug-likeness (QED) is 0.767. The van der Waals surface area contributed by atoms with Gasteiger partial charge < -0.3 is 24.6 Å². The van der Waals surface area contributed by atoms with Crippen molar-refractivity contribution in [2.24, 2.45) is 0 Å². The summed E-state index contributed by atoms with van der Waals surface area (Å²) in [5.74, 6) is 1.37. The van der Waals surface area contributed by atoms with E-state index in [0.717, 1.165) is 24.9 Å². The van der Waals surface area contributed by atoms with Gasteiger partial charge in [0.15, 0.2) is 0 Å². The molecule has 0 bridgehead atoms. The third-order valence-corrected chi connectivity index (χ3v) is 4.28. The second kappa shape index (κ2) is 7.11. The molecule has 0 heterocycles. The minimum absolute atomic E-state index is 0.0435. The van der Waals surface area contributed by atoms with Gasteiger partial charge in [-0.2, -0.15) is 0 Å². The predicted octanol–water partition coefficient (Wildman–Crippen LogP) is 1.90. The number of rotatable bonds is 8. The lowest BCUT2D eigenvalue weighted by molar-refractivity contribution is -0.0703. The normalized spacial score (nSPS) is 17.9. The van der Waals surface area contributed by atoms with Crippen LogP contribution in [0.2, 0.25) is 0 Å². The molecule has 1 fully saturated rings. The molecule has 1 aromatic carbocycles. The fourth-order valence-electron chi connectivity index (χ4n) is 2.67. The van der Waals surface area contributed by atoms with Gasteiger partial charge in [-0.3, -0.25) is 0 Å². The predicted molar refractivity (Wildman–Crippen MR) is 81.0 cm³/mol. The van der Waals surface area contributed by atoms with Crippen molar-refractivity contribution in [3.63, 3.8) is 0 Å². The molecule has 1 atom stereocenters. The highest BCUT2D eigenvalue weighted by atomic mass is 16.5. The second-order valence-corrected chi connectivity index (χ2v) is 5.50. The van der Waals surface area contributed by atoms with Crippen LogP contribution in [-0.4, -0.2) is 45.1 Å². The van der Waals surface area contributed by atoms with Crippen LogP contribution in [-0.2, 0) is 4.74 Å². The molecule has 1 aliphatic carbocycles. The molecule has 0 amide bonds. The number of aliphatic hydroxyl groups is 1. The molecule has 0 saturated heterocycles. The molecule has 2 N–H and O–H groups in total. The summed E-state index contributed by atoms with van der Waals surface area (Å²) in [6.07, 6.45) is 2.72. The van der Waals surface area contributed by atoms with Crippen molar-refractivity contribution in [1.29, 1.82) is 0 Å². The summed E-state index contributed by atoms with van der Waals surface area (Å²) in [6, 6.07) is 5.43. The average molecular weight is 295 g/mol. The molecule has 1 aliphatic rings. The minimum atomic E-state index is -0.649. The standard InChI is InChI=1S/C16H25NO4/c1-19-12-5-6-15(20-2)13(9-12)14(18)10-17-11-16(21-3)7-4-8-16/h5-6,9,14,17-18H,4,7-8,10-11H2,1-3H3. The molecular formula is C16H25NO4. The highest BCUT2D eigenvalue weighted by Gasteiger charge is 2.36. The molecule has 1 unspecified atom stereocenters. The van der Waals surface area contributed by atoms with E-state index in [1.54, 1.807) is 33.5 Å². The fraction of sp³-hybridized carbons (Fsp3) is 0.625. The van der Waals surface area contributed by atoms with Crippen LogP contribution in [0.3, 0.4) is 0 Å². The maximum absolute atomic E-state index is 10.4. The molecule has 2 rings (SSSR count). The van der Waals surface area contributed by atoms with E-state index in [-0.39, 0.29) is 5.60 Å². The van der Waals surface area contributed by atoms with E-state index in [4.69, 9.17) is 14.2 Å². The van der Waals surface area contributed by atoms with Gasteiger partial charge in [0.25, 0.3) is 0 Å². The zero-order valence-electron chi connectivity index (χ0n) is 13.0. The zero-order chi connectivity index (χ0) is 15.3. The lowest BCUT2D eigenvalue weighted by atomic mass is 9.80. The smallest absolute Gasteiger partial charge is 0.124 e. The Hall–Kier alpha value is -1.30. The average Bonchev–Trinajstić information content (AvgIpc) is 2.49. The number of methoxy groups -OCH3 is 3. The van der Waals surface area contributed by atoms with Crippen LogP contribution in [0.1, 0.15) is 30.9 Å². The van der Waals surface area contributed by atoms with E-state index in [1.165, 1.54) is 6.42 Å². The number of aliphatic hydroxyl groups excluding tert-OH is 1. The minimum Gasteiger partial charge on any atom is -0.497 e. The van der Waals surface area contributed by atoms with Gasteiger partial charge in [-0.25, -0.2) is 0 Å². The largest absolute Gasteiger partial charge is 0.497 e. The molecule has 5 nitrogen and oxygen atoms in total. The van der Waals surface area contributed by atoms with Crippen LogP contribution in [0.25, 0.3) is 0 Å². The summed E-state index contributed by atoms with van der Waals surface area (Å²) in [4.78, 5) is 0. The molecule has 1 aromatic rings. The topological polar surface area (TPSA) is 60.0 Å². The molecular weight excluding hydrogens is 270 g/mol. The van der Waals surface area contributed by atoms with Gasteiger partial charge in [0.2, 0.25) is 0 Å². The third kappa shape index (κ3) is 3.67. The van der Waals surface area contributed by atoms with Crippen molar-refractivity contribution < 1.29 is 19.3 Å². The van der Waals surface area contributed by atoms with Crippen molar-refractivity contribution in [2.75, 3.05) is 34.4 Å². The Bertz CT molecular complexity index is 454. The fourth-order valence-corrected chi connectivity index (χ4v) is 2.67. The van der Waals surface area contributed by atoms with E-state index < -0.39 is 6.10 Å². The van der Waals surface area contributed by atoms with Crippen molar-refractivity contribution in [3.05, 3.63) is 23.8 Å². The first-order valence-electron chi connectivity index (χ1n) is 7.30. The first kappa shape index (κ1) is 16.1. The number of hydrogen-bond donors (Lipinski definition) is 2. The first-order chi connectivity index (χ1) is 10.1. The molecule has 0 aliphatic heterocycles. The van der Waals surface area contributed by atoms with Gasteiger partial charge in [0.05, 0.1) is 25.9 Å². The van der Waals surface area contributed by atoms with Crippen molar-refractivity contribution in [2.45, 2.75) is 31.0 Å². The number of benzene rings is 1. The Kier molecular flexibility index (Phi) is 5.45. The van der Waals surface area contributed by atoms with Gasteiger partial charge in [-0.05, 0) is 37.5 Å². The Labute approximate surface area is 126 Å². The molecule has 0 spiro atoms. The lowest BCUT2D eigenvalue weighted by Gasteiger charge is -2.40. The summed E-state index contributed by atoms with van der Waals surface area (Å²) in [6.45, 7) is 1.21. The highest BCUT2D eigenvalue weighted by molar-refractivity contribution is 5.41. The molecule has 5 heteroatoms. The van der Waals surface area contributed by atoms with Crippen LogP contribution in [0.5, 0.6) is 11.5 Å². The third-order valence-electron chi connectivity index (χ3n) is 4.28. The van der Waals surface area contributed by atoms with Gasteiger partial charge >= 0.3 is 0 Å². The Morgan fingerprint density at radius 2 is 2.00 bits per heavy atom. The van der Waals surface area contributed by atoms with Crippen molar-refractivity contribution in [3.8, 4) is 11.5 Å². The van der Waals surface area contributed by atoms with E-state index >= 15 is 0 Å². The highest BCUT2D eigenvalue weighted by Crippen LogP contribution is 2.34. The van der Waals surface area contributed by atoms with Gasteiger partial charge in [-0.1, -0.05) is 0 Å². The SMILES string of the molecule is COc1ccc(OC)c(C(O)CNCC2(OC)CCC2)c1. The molecule has 1 saturated carbocycles. The molecule has 118 valence electrons. The summed E-state index contributed by atoms with van der Waals surface area (Å²) in [5.41, 5.74) is 0.683. The lowest BCUT2D eigenvalue weighted by Crippen LogP contribution is -2.48. The van der Waals surface area contributed by atoms with Crippen LogP contribution in [0.4, 0.5) is 0 Å². The summed E-state index contributed by atoms with van der Waals surface area (Å²) in [7, 11) is 4.96.